The molecule has 1 aromatic rings. The molecule has 2 unspecified atom stereocenters. The van der Waals surface area contributed by atoms with Crippen molar-refractivity contribution in [3.8, 4) is 0 Å². The zero-order valence-electron chi connectivity index (χ0n) is 12.5. The highest BCUT2D eigenvalue weighted by Crippen LogP contribution is 2.40. The van der Waals surface area contributed by atoms with Crippen LogP contribution in [0.4, 0.5) is 0 Å². The molecule has 2 rings (SSSR count). The quantitative estimate of drug-likeness (QED) is 0.890. The van der Waals surface area contributed by atoms with Gasteiger partial charge in [-0.25, -0.2) is 4.98 Å². The lowest BCUT2D eigenvalue weighted by Crippen LogP contribution is -2.45. The van der Waals surface area contributed by atoms with Crippen molar-refractivity contribution < 1.29 is 5.11 Å². The van der Waals surface area contributed by atoms with Crippen LogP contribution in [0.25, 0.3) is 0 Å². The van der Waals surface area contributed by atoms with E-state index in [2.05, 4.69) is 30.9 Å². The molecule has 0 aliphatic heterocycles. The molecule has 0 spiro atoms. The van der Waals surface area contributed by atoms with Crippen LogP contribution in [-0.4, -0.2) is 25.5 Å². The van der Waals surface area contributed by atoms with Crippen LogP contribution in [0.15, 0.2) is 6.33 Å². The Kier molecular flexibility index (Phi) is 4.61. The number of hydrogen-bond acceptors (Lipinski definition) is 3. The van der Waals surface area contributed by atoms with Crippen LogP contribution in [0, 0.1) is 11.8 Å². The number of nitrogens with zero attached hydrogens (tertiary/aromatic N) is 3. The van der Waals surface area contributed by atoms with E-state index in [1.807, 2.05) is 4.68 Å². The van der Waals surface area contributed by atoms with Crippen LogP contribution < -0.4 is 0 Å². The molecule has 1 aromatic heterocycles. The van der Waals surface area contributed by atoms with Crippen molar-refractivity contribution in [3.05, 3.63) is 12.2 Å². The molecule has 108 valence electrons. The van der Waals surface area contributed by atoms with E-state index in [0.717, 1.165) is 38.1 Å². The Hall–Kier alpha value is -0.900. The Balaban J connectivity index is 2.16. The van der Waals surface area contributed by atoms with Crippen molar-refractivity contribution in [1.29, 1.82) is 0 Å². The van der Waals surface area contributed by atoms with Gasteiger partial charge in [0.2, 0.25) is 0 Å². The summed E-state index contributed by atoms with van der Waals surface area (Å²) in [6.45, 7) is 7.46. The molecule has 0 amide bonds. The summed E-state index contributed by atoms with van der Waals surface area (Å²) in [4.78, 5) is 4.36. The third-order valence-corrected chi connectivity index (χ3v) is 4.47. The standard InChI is InChI=1S/C15H27N3O/c1-4-9-18-14(16-11-17-18)10-15(19)8-6-5-7-13(15)12(2)3/h11-13,19H,4-10H2,1-3H3. The molecule has 2 atom stereocenters. The van der Waals surface area contributed by atoms with E-state index >= 15 is 0 Å². The Bertz CT molecular complexity index is 402. The lowest BCUT2D eigenvalue weighted by atomic mass is 9.68. The van der Waals surface area contributed by atoms with Gasteiger partial charge in [0.05, 0.1) is 5.60 Å². The summed E-state index contributed by atoms with van der Waals surface area (Å²) in [7, 11) is 0. The Morgan fingerprint density at radius 1 is 1.47 bits per heavy atom. The third-order valence-electron chi connectivity index (χ3n) is 4.47. The summed E-state index contributed by atoms with van der Waals surface area (Å²) < 4.78 is 1.95. The fraction of sp³-hybridized carbons (Fsp3) is 0.867. The first-order valence-electron chi connectivity index (χ1n) is 7.66. The summed E-state index contributed by atoms with van der Waals surface area (Å²) in [5, 5.41) is 15.4. The first-order chi connectivity index (χ1) is 9.07. The minimum Gasteiger partial charge on any atom is -0.389 e. The molecule has 4 nitrogen and oxygen atoms in total. The van der Waals surface area contributed by atoms with Gasteiger partial charge >= 0.3 is 0 Å². The first kappa shape index (κ1) is 14.5. The molecule has 0 saturated heterocycles. The minimum absolute atomic E-state index is 0.382. The van der Waals surface area contributed by atoms with Crippen LogP contribution in [0.3, 0.4) is 0 Å². The second-order valence-corrected chi connectivity index (χ2v) is 6.28. The van der Waals surface area contributed by atoms with Crippen molar-refractivity contribution in [2.75, 3.05) is 0 Å². The summed E-state index contributed by atoms with van der Waals surface area (Å²) in [5.74, 6) is 1.85. The topological polar surface area (TPSA) is 50.9 Å². The highest BCUT2D eigenvalue weighted by Gasteiger charge is 2.41. The third kappa shape index (κ3) is 3.16. The summed E-state index contributed by atoms with van der Waals surface area (Å²) >= 11 is 0. The summed E-state index contributed by atoms with van der Waals surface area (Å²) in [6.07, 6.45) is 7.71. The van der Waals surface area contributed by atoms with E-state index in [4.69, 9.17) is 0 Å². The number of rotatable bonds is 5. The fourth-order valence-corrected chi connectivity index (χ4v) is 3.52. The molecule has 0 radical (unpaired) electrons. The van der Waals surface area contributed by atoms with Crippen molar-refractivity contribution >= 4 is 0 Å². The van der Waals surface area contributed by atoms with Gasteiger partial charge in [-0.15, -0.1) is 0 Å². The highest BCUT2D eigenvalue weighted by molar-refractivity contribution is 5.00. The molecule has 1 N–H and O–H groups in total. The van der Waals surface area contributed by atoms with Crippen LogP contribution >= 0.6 is 0 Å². The van der Waals surface area contributed by atoms with E-state index in [9.17, 15) is 5.11 Å². The minimum atomic E-state index is -0.592. The maximum absolute atomic E-state index is 11.1. The Morgan fingerprint density at radius 2 is 2.26 bits per heavy atom. The van der Waals surface area contributed by atoms with Gasteiger partial charge in [0.15, 0.2) is 0 Å². The van der Waals surface area contributed by atoms with Crippen molar-refractivity contribution in [1.82, 2.24) is 14.8 Å². The normalized spacial score (nSPS) is 27.9. The molecule has 19 heavy (non-hydrogen) atoms. The fourth-order valence-electron chi connectivity index (χ4n) is 3.52. The van der Waals surface area contributed by atoms with Crippen molar-refractivity contribution in [3.63, 3.8) is 0 Å². The van der Waals surface area contributed by atoms with E-state index in [-0.39, 0.29) is 0 Å². The molecule has 1 saturated carbocycles. The second-order valence-electron chi connectivity index (χ2n) is 6.28. The predicted octanol–water partition coefficient (Wildman–Crippen LogP) is 2.81. The maximum Gasteiger partial charge on any atom is 0.138 e. The largest absolute Gasteiger partial charge is 0.389 e. The van der Waals surface area contributed by atoms with Gasteiger partial charge in [0, 0.05) is 13.0 Å². The van der Waals surface area contributed by atoms with Gasteiger partial charge in [0.1, 0.15) is 12.2 Å². The SMILES string of the molecule is CCCn1ncnc1CC1(O)CCCCC1C(C)C. The zero-order chi connectivity index (χ0) is 13.9. The Labute approximate surface area is 116 Å². The van der Waals surface area contributed by atoms with E-state index < -0.39 is 5.60 Å². The zero-order valence-corrected chi connectivity index (χ0v) is 12.5. The number of aliphatic hydroxyl groups is 1. The molecule has 1 aliphatic carbocycles. The predicted molar refractivity (Wildman–Crippen MR) is 75.8 cm³/mol. The second kappa shape index (κ2) is 6.04. The molecule has 1 aliphatic rings. The van der Waals surface area contributed by atoms with Crippen LogP contribution in [0.1, 0.15) is 58.7 Å². The Morgan fingerprint density at radius 3 is 2.95 bits per heavy atom. The number of hydrogen-bond donors (Lipinski definition) is 1. The molecular weight excluding hydrogens is 238 g/mol. The molecule has 1 fully saturated rings. The van der Waals surface area contributed by atoms with E-state index in [1.54, 1.807) is 6.33 Å². The maximum atomic E-state index is 11.1. The molecule has 1 heterocycles. The first-order valence-corrected chi connectivity index (χ1v) is 7.66. The van der Waals surface area contributed by atoms with Crippen molar-refractivity contribution in [2.45, 2.75) is 71.4 Å². The van der Waals surface area contributed by atoms with E-state index in [0.29, 0.717) is 18.3 Å². The van der Waals surface area contributed by atoms with Gasteiger partial charge in [-0.05, 0) is 31.1 Å². The van der Waals surface area contributed by atoms with Crippen LogP contribution in [0.2, 0.25) is 0 Å². The van der Waals surface area contributed by atoms with Crippen molar-refractivity contribution in [2.24, 2.45) is 11.8 Å². The lowest BCUT2D eigenvalue weighted by Gasteiger charge is -2.42. The van der Waals surface area contributed by atoms with Gasteiger partial charge in [0.25, 0.3) is 0 Å². The van der Waals surface area contributed by atoms with Gasteiger partial charge in [-0.3, -0.25) is 4.68 Å². The molecule has 0 bridgehead atoms. The van der Waals surface area contributed by atoms with Gasteiger partial charge in [-0.1, -0.05) is 33.6 Å². The average Bonchev–Trinajstić information content (AvgIpc) is 2.76. The number of aromatic nitrogens is 3. The van der Waals surface area contributed by atoms with Gasteiger partial charge in [-0.2, -0.15) is 5.10 Å². The molecular formula is C15H27N3O. The lowest BCUT2D eigenvalue weighted by molar-refractivity contribution is -0.0672. The average molecular weight is 265 g/mol. The van der Waals surface area contributed by atoms with Gasteiger partial charge < -0.3 is 5.11 Å². The molecule has 4 heteroatoms. The van der Waals surface area contributed by atoms with Crippen LogP contribution in [-0.2, 0) is 13.0 Å². The molecule has 0 aromatic carbocycles. The van der Waals surface area contributed by atoms with Crippen LogP contribution in [0.5, 0.6) is 0 Å². The highest BCUT2D eigenvalue weighted by atomic mass is 16.3. The monoisotopic (exact) mass is 265 g/mol. The summed E-state index contributed by atoms with van der Waals surface area (Å²) in [6, 6.07) is 0. The summed E-state index contributed by atoms with van der Waals surface area (Å²) in [5.41, 5.74) is -0.592. The smallest absolute Gasteiger partial charge is 0.138 e. The number of aryl methyl sites for hydroxylation is 1. The van der Waals surface area contributed by atoms with E-state index in [1.165, 1.54) is 6.42 Å².